The molecule has 0 unspecified atom stereocenters. The molecular formula is C24H17N3O2. The molecule has 0 radical (unpaired) electrons. The Morgan fingerprint density at radius 3 is 2.41 bits per heavy atom. The third-order valence-corrected chi connectivity index (χ3v) is 4.91. The second-order valence-corrected chi connectivity index (χ2v) is 6.85. The van der Waals surface area contributed by atoms with E-state index in [9.17, 15) is 4.79 Å². The van der Waals surface area contributed by atoms with Crippen LogP contribution >= 0.6 is 0 Å². The van der Waals surface area contributed by atoms with Gasteiger partial charge in [0, 0.05) is 5.56 Å². The maximum atomic E-state index is 12.9. The molecule has 140 valence electrons. The minimum Gasteiger partial charge on any atom is -0.355 e. The van der Waals surface area contributed by atoms with E-state index in [2.05, 4.69) is 10.3 Å². The van der Waals surface area contributed by atoms with Gasteiger partial charge in [0.2, 0.25) is 0 Å². The molecule has 3 aromatic carbocycles. The molecule has 1 aliphatic heterocycles. The van der Waals surface area contributed by atoms with Gasteiger partial charge in [0.15, 0.2) is 5.76 Å². The van der Waals surface area contributed by atoms with E-state index in [4.69, 9.17) is 4.52 Å². The molecule has 1 amide bonds. The monoisotopic (exact) mass is 379 g/mol. The zero-order valence-corrected chi connectivity index (χ0v) is 15.7. The summed E-state index contributed by atoms with van der Waals surface area (Å²) in [4.78, 5) is 12.9. The van der Waals surface area contributed by atoms with Crippen LogP contribution in [0.15, 0.2) is 94.1 Å². The largest absolute Gasteiger partial charge is 0.355 e. The van der Waals surface area contributed by atoms with Crippen LogP contribution < -0.4 is 5.01 Å². The summed E-state index contributed by atoms with van der Waals surface area (Å²) in [5.74, 6) is 0.581. The van der Waals surface area contributed by atoms with Crippen molar-refractivity contribution in [3.05, 3.63) is 90.0 Å². The lowest BCUT2D eigenvalue weighted by atomic mass is 10.0. The molecule has 4 aromatic rings. The SMILES string of the molecule is CC1=NN(c2ccccc2)C(=O)C1=Cc1ccc2noc(-c3ccccc3)c2c1. The van der Waals surface area contributed by atoms with Gasteiger partial charge in [-0.25, -0.2) is 0 Å². The molecule has 0 saturated carbocycles. The van der Waals surface area contributed by atoms with E-state index in [1.54, 1.807) is 0 Å². The number of hydrazone groups is 1. The van der Waals surface area contributed by atoms with Crippen LogP contribution in [0.1, 0.15) is 12.5 Å². The molecule has 0 fully saturated rings. The maximum Gasteiger partial charge on any atom is 0.280 e. The number of aromatic nitrogens is 1. The van der Waals surface area contributed by atoms with Gasteiger partial charge in [-0.3, -0.25) is 4.79 Å². The van der Waals surface area contributed by atoms with E-state index in [1.165, 1.54) is 5.01 Å². The molecule has 1 aliphatic rings. The highest BCUT2D eigenvalue weighted by atomic mass is 16.5. The number of rotatable bonds is 3. The average Bonchev–Trinajstić information content (AvgIpc) is 3.31. The quantitative estimate of drug-likeness (QED) is 0.454. The summed E-state index contributed by atoms with van der Waals surface area (Å²) in [6.07, 6.45) is 1.87. The Morgan fingerprint density at radius 1 is 0.931 bits per heavy atom. The average molecular weight is 379 g/mol. The second kappa shape index (κ2) is 6.87. The van der Waals surface area contributed by atoms with Crippen LogP contribution in [0, 0.1) is 0 Å². The molecule has 5 heteroatoms. The first-order chi connectivity index (χ1) is 14.2. The summed E-state index contributed by atoms with van der Waals surface area (Å²) in [7, 11) is 0. The van der Waals surface area contributed by atoms with Gasteiger partial charge in [-0.1, -0.05) is 59.8 Å². The number of anilines is 1. The van der Waals surface area contributed by atoms with Gasteiger partial charge < -0.3 is 4.52 Å². The zero-order chi connectivity index (χ0) is 19.8. The second-order valence-electron chi connectivity index (χ2n) is 6.85. The standard InChI is InChI=1S/C24H17N3O2/c1-16-20(24(28)27(25-16)19-10-6-3-7-11-19)14-17-12-13-22-21(15-17)23(29-26-22)18-8-4-2-5-9-18/h2-15H,1H3. The van der Waals surface area contributed by atoms with E-state index >= 15 is 0 Å². The van der Waals surface area contributed by atoms with E-state index < -0.39 is 0 Å². The molecular weight excluding hydrogens is 362 g/mol. The van der Waals surface area contributed by atoms with Gasteiger partial charge >= 0.3 is 0 Å². The summed E-state index contributed by atoms with van der Waals surface area (Å²) in [5.41, 5.74) is 4.65. The molecule has 0 spiro atoms. The molecule has 0 bridgehead atoms. The summed E-state index contributed by atoms with van der Waals surface area (Å²) < 4.78 is 5.57. The fourth-order valence-corrected chi connectivity index (χ4v) is 3.44. The summed E-state index contributed by atoms with van der Waals surface area (Å²) in [6, 6.07) is 25.1. The number of para-hydroxylation sites is 1. The lowest BCUT2D eigenvalue weighted by molar-refractivity contribution is -0.114. The van der Waals surface area contributed by atoms with Crippen LogP contribution in [0.25, 0.3) is 28.3 Å². The molecule has 0 aliphatic carbocycles. The van der Waals surface area contributed by atoms with Crippen molar-refractivity contribution in [1.82, 2.24) is 5.16 Å². The summed E-state index contributed by atoms with van der Waals surface area (Å²) in [6.45, 7) is 1.85. The first-order valence-electron chi connectivity index (χ1n) is 9.32. The number of hydrogen-bond acceptors (Lipinski definition) is 4. The number of amides is 1. The zero-order valence-electron chi connectivity index (χ0n) is 15.7. The van der Waals surface area contributed by atoms with Gasteiger partial charge in [0.25, 0.3) is 5.91 Å². The van der Waals surface area contributed by atoms with Gasteiger partial charge in [-0.15, -0.1) is 0 Å². The van der Waals surface area contributed by atoms with Crippen LogP contribution in [0.3, 0.4) is 0 Å². The third kappa shape index (κ3) is 3.02. The number of benzene rings is 3. The highest BCUT2D eigenvalue weighted by Crippen LogP contribution is 2.30. The molecule has 2 heterocycles. The van der Waals surface area contributed by atoms with E-state index in [1.807, 2.05) is 91.9 Å². The predicted molar refractivity (Wildman–Crippen MR) is 114 cm³/mol. The molecule has 29 heavy (non-hydrogen) atoms. The third-order valence-electron chi connectivity index (χ3n) is 4.91. The van der Waals surface area contributed by atoms with E-state index in [0.29, 0.717) is 11.3 Å². The molecule has 0 atom stereocenters. The van der Waals surface area contributed by atoms with Gasteiger partial charge in [0.05, 0.1) is 22.4 Å². The van der Waals surface area contributed by atoms with Crippen molar-refractivity contribution in [3.8, 4) is 11.3 Å². The Labute approximate surface area is 167 Å². The lowest BCUT2D eigenvalue weighted by Gasteiger charge is -2.11. The Kier molecular flexibility index (Phi) is 4.06. The minimum absolute atomic E-state index is 0.137. The van der Waals surface area contributed by atoms with Crippen molar-refractivity contribution in [2.24, 2.45) is 5.10 Å². The number of hydrogen-bond donors (Lipinski definition) is 0. The topological polar surface area (TPSA) is 58.7 Å². The number of carbonyl (C=O) groups is 1. The minimum atomic E-state index is -0.137. The van der Waals surface area contributed by atoms with E-state index in [0.717, 1.165) is 33.5 Å². The number of fused-ring (bicyclic) bond motifs is 1. The Hall–Kier alpha value is -3.99. The molecule has 0 N–H and O–H groups in total. The van der Waals surface area contributed by atoms with Gasteiger partial charge in [-0.2, -0.15) is 10.1 Å². The number of nitrogens with zero attached hydrogens (tertiary/aromatic N) is 3. The van der Waals surface area contributed by atoms with Gasteiger partial charge in [-0.05, 0) is 42.8 Å². The first kappa shape index (κ1) is 17.1. The van der Waals surface area contributed by atoms with Crippen molar-refractivity contribution < 1.29 is 9.32 Å². The predicted octanol–water partition coefficient (Wildman–Crippen LogP) is 5.30. The smallest absolute Gasteiger partial charge is 0.280 e. The Morgan fingerprint density at radius 2 is 1.66 bits per heavy atom. The van der Waals surface area contributed by atoms with Crippen LogP contribution in [0.5, 0.6) is 0 Å². The van der Waals surface area contributed by atoms with Crippen LogP contribution in [0.2, 0.25) is 0 Å². The maximum absolute atomic E-state index is 12.9. The summed E-state index contributed by atoms with van der Waals surface area (Å²) in [5, 5.41) is 10.9. The first-order valence-corrected chi connectivity index (χ1v) is 9.32. The number of carbonyl (C=O) groups excluding carboxylic acids is 1. The fourth-order valence-electron chi connectivity index (χ4n) is 3.44. The van der Waals surface area contributed by atoms with E-state index in [-0.39, 0.29) is 5.91 Å². The van der Waals surface area contributed by atoms with Crippen LogP contribution in [0.4, 0.5) is 5.69 Å². The van der Waals surface area contributed by atoms with Gasteiger partial charge in [0.1, 0.15) is 5.52 Å². The Bertz CT molecular complexity index is 1270. The molecule has 1 aromatic heterocycles. The van der Waals surface area contributed by atoms with Crippen LogP contribution in [-0.2, 0) is 4.79 Å². The Balaban J connectivity index is 1.54. The highest BCUT2D eigenvalue weighted by molar-refractivity contribution is 6.32. The van der Waals surface area contributed by atoms with Crippen molar-refractivity contribution in [2.75, 3.05) is 5.01 Å². The molecule has 5 rings (SSSR count). The lowest BCUT2D eigenvalue weighted by Crippen LogP contribution is -2.21. The molecule has 5 nitrogen and oxygen atoms in total. The summed E-state index contributed by atoms with van der Waals surface area (Å²) >= 11 is 0. The molecule has 0 saturated heterocycles. The van der Waals surface area contributed by atoms with Crippen molar-refractivity contribution in [3.63, 3.8) is 0 Å². The van der Waals surface area contributed by atoms with Crippen LogP contribution in [-0.4, -0.2) is 16.8 Å². The van der Waals surface area contributed by atoms with Crippen molar-refractivity contribution in [2.45, 2.75) is 6.92 Å². The fraction of sp³-hybridized carbons (Fsp3) is 0.0417. The normalized spacial score (nSPS) is 15.3. The van der Waals surface area contributed by atoms with Crippen molar-refractivity contribution in [1.29, 1.82) is 0 Å². The highest BCUT2D eigenvalue weighted by Gasteiger charge is 2.28. The van der Waals surface area contributed by atoms with Crippen molar-refractivity contribution >= 4 is 34.3 Å².